The highest BCUT2D eigenvalue weighted by molar-refractivity contribution is 7.99. The van der Waals surface area contributed by atoms with Gasteiger partial charge in [0.2, 0.25) is 0 Å². The van der Waals surface area contributed by atoms with Crippen LogP contribution in [0.1, 0.15) is 22.9 Å². The Morgan fingerprint density at radius 1 is 1.26 bits per heavy atom. The normalized spacial score (nSPS) is 18.3. The molecule has 100 valence electrons. The number of rotatable bonds is 4. The molecular weight excluding hydrogens is 277 g/mol. The van der Waals surface area contributed by atoms with Crippen molar-refractivity contribution in [3.05, 3.63) is 52.0 Å². The van der Waals surface area contributed by atoms with E-state index in [1.165, 1.54) is 4.88 Å². The summed E-state index contributed by atoms with van der Waals surface area (Å²) in [6.07, 6.45) is 2.12. The van der Waals surface area contributed by atoms with Crippen molar-refractivity contribution >= 4 is 23.1 Å². The van der Waals surface area contributed by atoms with Crippen molar-refractivity contribution in [2.75, 3.05) is 12.3 Å². The van der Waals surface area contributed by atoms with E-state index in [1.54, 1.807) is 29.2 Å². The van der Waals surface area contributed by atoms with Gasteiger partial charge in [0.1, 0.15) is 5.82 Å². The average molecular weight is 293 g/mol. The lowest BCUT2D eigenvalue weighted by Crippen LogP contribution is -2.26. The standard InChI is InChI=1S/C15H16FNS2/c16-13-5-1-4-12-14(7-10-19-15(12)13)17-8-6-11-3-2-9-18-11/h1-5,9,14,17H,6-8,10H2. The minimum absolute atomic E-state index is 0.0766. The number of benzene rings is 1. The molecule has 0 fully saturated rings. The van der Waals surface area contributed by atoms with Crippen molar-refractivity contribution in [3.63, 3.8) is 0 Å². The highest BCUT2D eigenvalue weighted by Gasteiger charge is 2.22. The van der Waals surface area contributed by atoms with E-state index < -0.39 is 0 Å². The van der Waals surface area contributed by atoms with Crippen molar-refractivity contribution in [3.8, 4) is 0 Å². The van der Waals surface area contributed by atoms with Crippen LogP contribution in [0.15, 0.2) is 40.6 Å². The fourth-order valence-electron chi connectivity index (χ4n) is 2.42. The first-order valence-electron chi connectivity index (χ1n) is 6.51. The minimum atomic E-state index is -0.0766. The molecule has 1 aliphatic heterocycles. The van der Waals surface area contributed by atoms with Gasteiger partial charge < -0.3 is 5.32 Å². The molecule has 2 aromatic rings. The first-order chi connectivity index (χ1) is 9.34. The number of nitrogens with one attached hydrogen (secondary N) is 1. The second kappa shape index (κ2) is 6.07. The van der Waals surface area contributed by atoms with Crippen molar-refractivity contribution in [1.82, 2.24) is 5.32 Å². The van der Waals surface area contributed by atoms with Crippen molar-refractivity contribution in [2.24, 2.45) is 0 Å². The largest absolute Gasteiger partial charge is 0.310 e. The Balaban J connectivity index is 1.65. The molecule has 0 spiro atoms. The Hall–Kier alpha value is -0.840. The van der Waals surface area contributed by atoms with Crippen molar-refractivity contribution in [1.29, 1.82) is 0 Å². The highest BCUT2D eigenvalue weighted by atomic mass is 32.2. The molecule has 0 aliphatic carbocycles. The maximum absolute atomic E-state index is 13.7. The highest BCUT2D eigenvalue weighted by Crippen LogP contribution is 2.37. The van der Waals surface area contributed by atoms with Crippen LogP contribution in [0.2, 0.25) is 0 Å². The van der Waals surface area contributed by atoms with Gasteiger partial charge in [-0.1, -0.05) is 18.2 Å². The molecule has 1 aliphatic rings. The lowest BCUT2D eigenvalue weighted by atomic mass is 10.0. The topological polar surface area (TPSA) is 12.0 Å². The Morgan fingerprint density at radius 3 is 3.05 bits per heavy atom. The molecule has 19 heavy (non-hydrogen) atoms. The van der Waals surface area contributed by atoms with E-state index in [2.05, 4.69) is 22.8 Å². The number of fused-ring (bicyclic) bond motifs is 1. The minimum Gasteiger partial charge on any atom is -0.310 e. The molecule has 3 rings (SSSR count). The van der Waals surface area contributed by atoms with Crippen LogP contribution < -0.4 is 5.32 Å². The number of halogens is 1. The van der Waals surface area contributed by atoms with Gasteiger partial charge in [0.25, 0.3) is 0 Å². The zero-order chi connectivity index (χ0) is 13.1. The van der Waals surface area contributed by atoms with Crippen LogP contribution in [0.4, 0.5) is 4.39 Å². The Labute approximate surface area is 121 Å². The molecule has 0 radical (unpaired) electrons. The summed E-state index contributed by atoms with van der Waals surface area (Å²) in [7, 11) is 0. The summed E-state index contributed by atoms with van der Waals surface area (Å²) in [4.78, 5) is 2.24. The molecule has 2 heterocycles. The lowest BCUT2D eigenvalue weighted by molar-refractivity contribution is 0.501. The van der Waals surface area contributed by atoms with E-state index in [9.17, 15) is 4.39 Å². The summed E-state index contributed by atoms with van der Waals surface area (Å²) in [6.45, 7) is 0.950. The third-order valence-electron chi connectivity index (χ3n) is 3.37. The van der Waals surface area contributed by atoms with Gasteiger partial charge in [0.15, 0.2) is 0 Å². The second-order valence-corrected chi connectivity index (χ2v) is 6.77. The van der Waals surface area contributed by atoms with Crippen LogP contribution in [-0.2, 0) is 6.42 Å². The van der Waals surface area contributed by atoms with Crippen molar-refractivity contribution in [2.45, 2.75) is 23.8 Å². The molecule has 1 N–H and O–H groups in total. The van der Waals surface area contributed by atoms with Crippen LogP contribution >= 0.6 is 23.1 Å². The monoisotopic (exact) mass is 293 g/mol. The number of thioether (sulfide) groups is 1. The van der Waals surface area contributed by atoms with Crippen LogP contribution in [-0.4, -0.2) is 12.3 Å². The quantitative estimate of drug-likeness (QED) is 0.904. The maximum atomic E-state index is 13.7. The van der Waals surface area contributed by atoms with E-state index >= 15 is 0 Å². The molecule has 4 heteroatoms. The SMILES string of the molecule is Fc1cccc2c1SCCC2NCCc1cccs1. The zero-order valence-electron chi connectivity index (χ0n) is 10.6. The molecule has 1 aromatic carbocycles. The van der Waals surface area contributed by atoms with Gasteiger partial charge in [-0.3, -0.25) is 0 Å². The molecule has 0 bridgehead atoms. The molecule has 1 nitrogen and oxygen atoms in total. The van der Waals surface area contributed by atoms with E-state index in [0.29, 0.717) is 6.04 Å². The second-order valence-electron chi connectivity index (χ2n) is 4.63. The summed E-state index contributed by atoms with van der Waals surface area (Å²) >= 11 is 3.43. The molecule has 1 atom stereocenters. The predicted octanol–water partition coefficient (Wildman–Crippen LogP) is 4.26. The number of thiophene rings is 1. The molecule has 0 amide bonds. The summed E-state index contributed by atoms with van der Waals surface area (Å²) in [5.41, 5.74) is 1.13. The Kier molecular flexibility index (Phi) is 4.21. The Morgan fingerprint density at radius 2 is 2.21 bits per heavy atom. The summed E-state index contributed by atoms with van der Waals surface area (Å²) in [6, 6.07) is 9.96. The zero-order valence-corrected chi connectivity index (χ0v) is 12.2. The smallest absolute Gasteiger partial charge is 0.137 e. The van der Waals surface area contributed by atoms with Crippen LogP contribution in [0, 0.1) is 5.82 Å². The van der Waals surface area contributed by atoms with Crippen LogP contribution in [0.5, 0.6) is 0 Å². The lowest BCUT2D eigenvalue weighted by Gasteiger charge is -2.26. The van der Waals surface area contributed by atoms with E-state index in [0.717, 1.165) is 35.6 Å². The van der Waals surface area contributed by atoms with Gasteiger partial charge in [-0.05, 0) is 41.7 Å². The molecular formula is C15H16FNS2. The molecule has 0 saturated heterocycles. The van der Waals surface area contributed by atoms with Crippen LogP contribution in [0.25, 0.3) is 0 Å². The summed E-state index contributed by atoms with van der Waals surface area (Å²) in [5, 5.41) is 5.68. The third-order valence-corrected chi connectivity index (χ3v) is 5.46. The first-order valence-corrected chi connectivity index (χ1v) is 8.38. The average Bonchev–Trinajstić information content (AvgIpc) is 2.93. The van der Waals surface area contributed by atoms with Crippen molar-refractivity contribution < 1.29 is 4.39 Å². The molecule has 1 aromatic heterocycles. The number of hydrogen-bond acceptors (Lipinski definition) is 3. The van der Waals surface area contributed by atoms with E-state index in [1.807, 2.05) is 12.1 Å². The van der Waals surface area contributed by atoms with Gasteiger partial charge in [-0.15, -0.1) is 23.1 Å². The number of hydrogen-bond donors (Lipinski definition) is 1. The van der Waals surface area contributed by atoms with Gasteiger partial charge in [0, 0.05) is 22.4 Å². The van der Waals surface area contributed by atoms with Gasteiger partial charge in [-0.25, -0.2) is 4.39 Å². The first kappa shape index (κ1) is 13.2. The van der Waals surface area contributed by atoms with Gasteiger partial charge in [0.05, 0.1) is 0 Å². The molecule has 0 saturated carbocycles. The van der Waals surface area contributed by atoms with E-state index in [-0.39, 0.29) is 5.82 Å². The predicted molar refractivity (Wildman–Crippen MR) is 80.5 cm³/mol. The van der Waals surface area contributed by atoms with Crippen LogP contribution in [0.3, 0.4) is 0 Å². The summed E-state index contributed by atoms with van der Waals surface area (Å²) in [5.74, 6) is 0.914. The van der Waals surface area contributed by atoms with E-state index in [4.69, 9.17) is 0 Å². The van der Waals surface area contributed by atoms with Gasteiger partial charge in [-0.2, -0.15) is 0 Å². The molecule has 1 unspecified atom stereocenters. The fraction of sp³-hybridized carbons (Fsp3) is 0.333. The summed E-state index contributed by atoms with van der Waals surface area (Å²) < 4.78 is 13.7. The Bertz CT molecular complexity index is 539. The maximum Gasteiger partial charge on any atom is 0.137 e. The van der Waals surface area contributed by atoms with Gasteiger partial charge >= 0.3 is 0 Å². The third kappa shape index (κ3) is 3.02. The fourth-order valence-corrected chi connectivity index (χ4v) is 4.27.